The van der Waals surface area contributed by atoms with Crippen LogP contribution in [0.25, 0.3) is 5.82 Å². The van der Waals surface area contributed by atoms with Gasteiger partial charge in [0.05, 0.1) is 5.56 Å². The molecule has 3 heterocycles. The Morgan fingerprint density at radius 3 is 2.57 bits per heavy atom. The molecule has 0 atom stereocenters. The van der Waals surface area contributed by atoms with Gasteiger partial charge in [-0.3, -0.25) is 9.36 Å². The average molecular weight is 416 g/mol. The number of nitrogens with one attached hydrogen (secondary N) is 1. The lowest BCUT2D eigenvalue weighted by Crippen LogP contribution is -2.38. The average Bonchev–Trinajstić information content (AvgIpc) is 3.29. The minimum Gasteiger partial charge on any atom is -0.356 e. The summed E-state index contributed by atoms with van der Waals surface area (Å²) in [5.41, 5.74) is -0.634. The van der Waals surface area contributed by atoms with Crippen molar-refractivity contribution in [3.05, 3.63) is 60.9 Å². The maximum absolute atomic E-state index is 12.8. The van der Waals surface area contributed by atoms with Crippen LogP contribution in [0.1, 0.15) is 18.4 Å². The van der Waals surface area contributed by atoms with Gasteiger partial charge in [0.25, 0.3) is 0 Å². The fourth-order valence-corrected chi connectivity index (χ4v) is 3.43. The largest absolute Gasteiger partial charge is 0.416 e. The minimum atomic E-state index is -4.45. The molecule has 30 heavy (non-hydrogen) atoms. The zero-order valence-electron chi connectivity index (χ0n) is 15.9. The third-order valence-corrected chi connectivity index (χ3v) is 5.05. The predicted octanol–water partition coefficient (Wildman–Crippen LogP) is 3.54. The van der Waals surface area contributed by atoms with Crippen LogP contribution in [0.5, 0.6) is 0 Å². The summed E-state index contributed by atoms with van der Waals surface area (Å²) >= 11 is 0. The predicted molar refractivity (Wildman–Crippen MR) is 104 cm³/mol. The molecule has 0 saturated carbocycles. The van der Waals surface area contributed by atoms with E-state index in [1.807, 2.05) is 6.07 Å². The molecule has 0 spiro atoms. The summed E-state index contributed by atoms with van der Waals surface area (Å²) in [6, 6.07) is 6.53. The molecule has 4 rings (SSSR count). The number of carbonyl (C=O) groups excluding carboxylic acids is 1. The molecule has 0 unspecified atom stereocenters. The van der Waals surface area contributed by atoms with Crippen molar-refractivity contribution in [1.29, 1.82) is 0 Å². The number of benzene rings is 1. The fraction of sp³-hybridized carbons (Fsp3) is 0.300. The van der Waals surface area contributed by atoms with Crippen LogP contribution in [-0.4, -0.2) is 38.5 Å². The van der Waals surface area contributed by atoms with E-state index in [0.717, 1.165) is 18.0 Å². The van der Waals surface area contributed by atoms with Crippen molar-refractivity contribution in [2.75, 3.05) is 23.3 Å². The summed E-state index contributed by atoms with van der Waals surface area (Å²) in [5.74, 6) is 0.911. The molecule has 7 nitrogen and oxygen atoms in total. The normalized spacial score (nSPS) is 15.2. The number of hydrogen-bond acceptors (Lipinski definition) is 5. The molecule has 0 radical (unpaired) electrons. The van der Waals surface area contributed by atoms with E-state index in [2.05, 4.69) is 25.2 Å². The molecular formula is C20H19F3N6O. The monoisotopic (exact) mass is 416 g/mol. The molecule has 156 valence electrons. The molecule has 1 aliphatic heterocycles. The highest BCUT2D eigenvalue weighted by atomic mass is 19.4. The van der Waals surface area contributed by atoms with Gasteiger partial charge >= 0.3 is 6.18 Å². The lowest BCUT2D eigenvalue weighted by Gasteiger charge is -2.32. The van der Waals surface area contributed by atoms with Crippen LogP contribution in [0.3, 0.4) is 0 Å². The number of amides is 1. The highest BCUT2D eigenvalue weighted by Gasteiger charge is 2.31. The zero-order valence-corrected chi connectivity index (χ0v) is 15.9. The molecule has 0 bridgehead atoms. The van der Waals surface area contributed by atoms with Crippen molar-refractivity contribution < 1.29 is 18.0 Å². The number of aromatic nitrogens is 4. The van der Waals surface area contributed by atoms with Crippen LogP contribution >= 0.6 is 0 Å². The summed E-state index contributed by atoms with van der Waals surface area (Å²) in [6.45, 7) is 1.22. The lowest BCUT2D eigenvalue weighted by atomic mass is 9.95. The second-order valence-corrected chi connectivity index (χ2v) is 7.03. The highest BCUT2D eigenvalue weighted by Crippen LogP contribution is 2.31. The second-order valence-electron chi connectivity index (χ2n) is 7.03. The topological polar surface area (TPSA) is 75.9 Å². The number of hydrogen-bond donors (Lipinski definition) is 1. The van der Waals surface area contributed by atoms with Gasteiger partial charge in [-0.25, -0.2) is 15.0 Å². The van der Waals surface area contributed by atoms with Gasteiger partial charge in [0.15, 0.2) is 0 Å². The van der Waals surface area contributed by atoms with Crippen LogP contribution in [-0.2, 0) is 11.0 Å². The van der Waals surface area contributed by atoms with Gasteiger partial charge in [-0.2, -0.15) is 13.2 Å². The Labute approximate surface area is 170 Å². The van der Waals surface area contributed by atoms with Crippen LogP contribution in [0.15, 0.2) is 55.4 Å². The van der Waals surface area contributed by atoms with Gasteiger partial charge in [-0.15, -0.1) is 0 Å². The van der Waals surface area contributed by atoms with Gasteiger partial charge in [-0.1, -0.05) is 6.07 Å². The van der Waals surface area contributed by atoms with E-state index < -0.39 is 11.7 Å². The van der Waals surface area contributed by atoms with Crippen LogP contribution in [0, 0.1) is 5.92 Å². The van der Waals surface area contributed by atoms with Gasteiger partial charge in [-0.05, 0) is 31.0 Å². The maximum atomic E-state index is 12.8. The molecular weight excluding hydrogens is 397 g/mol. The Bertz CT molecular complexity index is 1010. The van der Waals surface area contributed by atoms with E-state index in [4.69, 9.17) is 0 Å². The van der Waals surface area contributed by atoms with E-state index in [9.17, 15) is 18.0 Å². The van der Waals surface area contributed by atoms with E-state index in [-0.39, 0.29) is 17.5 Å². The zero-order chi connectivity index (χ0) is 21.1. The first kappa shape index (κ1) is 19.9. The first-order valence-corrected chi connectivity index (χ1v) is 9.43. The van der Waals surface area contributed by atoms with E-state index in [0.29, 0.717) is 31.7 Å². The van der Waals surface area contributed by atoms with E-state index in [1.54, 1.807) is 23.3 Å². The molecule has 1 aromatic carbocycles. The lowest BCUT2D eigenvalue weighted by molar-refractivity contribution is -0.137. The van der Waals surface area contributed by atoms with E-state index in [1.165, 1.54) is 18.5 Å². The molecule has 1 amide bonds. The van der Waals surface area contributed by atoms with Crippen molar-refractivity contribution >= 4 is 17.4 Å². The highest BCUT2D eigenvalue weighted by molar-refractivity contribution is 5.92. The van der Waals surface area contributed by atoms with Crippen molar-refractivity contribution in [1.82, 2.24) is 19.5 Å². The Morgan fingerprint density at radius 2 is 1.87 bits per heavy atom. The standard InChI is InChI=1S/C20H19F3N6O/c21-20(22,23)15-2-1-3-16(10-15)27-19(30)14-4-7-28(8-5-14)17-11-18(26-12-25-17)29-9-6-24-13-29/h1-3,6,9-14H,4-5,7-8H2,(H,27,30). The van der Waals surface area contributed by atoms with E-state index >= 15 is 0 Å². The van der Waals surface area contributed by atoms with Crippen LogP contribution in [0.4, 0.5) is 24.7 Å². The fourth-order valence-electron chi connectivity index (χ4n) is 3.43. The van der Waals surface area contributed by atoms with Crippen molar-refractivity contribution in [2.24, 2.45) is 5.92 Å². The SMILES string of the molecule is O=C(Nc1cccc(C(F)(F)F)c1)C1CCN(c2cc(-n3ccnc3)ncn2)CC1. The molecule has 10 heteroatoms. The second kappa shape index (κ2) is 8.13. The molecule has 1 aliphatic rings. The maximum Gasteiger partial charge on any atom is 0.416 e. The van der Waals surface area contributed by atoms with Gasteiger partial charge in [0, 0.05) is 43.2 Å². The molecule has 3 aromatic rings. The summed E-state index contributed by atoms with van der Waals surface area (Å²) in [5, 5.41) is 2.61. The summed E-state index contributed by atoms with van der Waals surface area (Å²) in [4.78, 5) is 27.2. The molecule has 1 saturated heterocycles. The third-order valence-electron chi connectivity index (χ3n) is 5.05. The molecule has 1 fully saturated rings. The van der Waals surface area contributed by atoms with Crippen LogP contribution < -0.4 is 10.2 Å². The summed E-state index contributed by atoms with van der Waals surface area (Å²) < 4.78 is 40.3. The Kier molecular flexibility index (Phi) is 5.39. The number of nitrogens with zero attached hydrogens (tertiary/aromatic N) is 5. The number of piperidine rings is 1. The number of anilines is 2. The number of rotatable bonds is 4. The third kappa shape index (κ3) is 4.42. The quantitative estimate of drug-likeness (QED) is 0.704. The number of carbonyl (C=O) groups is 1. The molecule has 1 N–H and O–H groups in total. The summed E-state index contributed by atoms with van der Waals surface area (Å²) in [7, 11) is 0. The van der Waals surface area contributed by atoms with Gasteiger partial charge < -0.3 is 10.2 Å². The van der Waals surface area contributed by atoms with Crippen molar-refractivity contribution in [2.45, 2.75) is 19.0 Å². The molecule has 0 aliphatic carbocycles. The smallest absolute Gasteiger partial charge is 0.356 e. The first-order valence-electron chi connectivity index (χ1n) is 9.43. The minimum absolute atomic E-state index is 0.151. The number of imidazole rings is 1. The first-order chi connectivity index (χ1) is 14.4. The number of alkyl halides is 3. The molecule has 2 aromatic heterocycles. The van der Waals surface area contributed by atoms with Gasteiger partial charge in [0.2, 0.25) is 5.91 Å². The van der Waals surface area contributed by atoms with Crippen molar-refractivity contribution in [3.63, 3.8) is 0 Å². The number of halogens is 3. The Morgan fingerprint density at radius 1 is 1.10 bits per heavy atom. The Balaban J connectivity index is 1.37. The van der Waals surface area contributed by atoms with Crippen molar-refractivity contribution in [3.8, 4) is 5.82 Å². The van der Waals surface area contributed by atoms with Gasteiger partial charge in [0.1, 0.15) is 24.3 Å². The Hall–Kier alpha value is -3.43. The summed E-state index contributed by atoms with van der Waals surface area (Å²) in [6.07, 6.45) is 3.30. The van der Waals surface area contributed by atoms with Crippen LogP contribution in [0.2, 0.25) is 0 Å².